The average molecular weight is 279 g/mol. The Morgan fingerprint density at radius 1 is 1.30 bits per heavy atom. The molecule has 0 radical (unpaired) electrons. The van der Waals surface area contributed by atoms with Crippen LogP contribution in [0.5, 0.6) is 0 Å². The van der Waals surface area contributed by atoms with Crippen LogP contribution < -0.4 is 5.32 Å². The monoisotopic (exact) mass is 279 g/mol. The lowest BCUT2D eigenvalue weighted by Gasteiger charge is -2.18. The number of methoxy groups -OCH3 is 1. The highest BCUT2D eigenvalue weighted by Crippen LogP contribution is 2.22. The minimum Gasteiger partial charge on any atom is -0.480 e. The fourth-order valence-corrected chi connectivity index (χ4v) is 2.04. The van der Waals surface area contributed by atoms with Gasteiger partial charge in [-0.25, -0.2) is 4.79 Å². The molecule has 0 saturated carbocycles. The first-order valence-electron chi connectivity index (χ1n) is 6.64. The summed E-state index contributed by atoms with van der Waals surface area (Å²) in [5.74, 6) is -1.27. The molecule has 0 spiro atoms. The Morgan fingerprint density at radius 2 is 1.95 bits per heavy atom. The molecule has 0 aliphatic heterocycles. The molecule has 5 heteroatoms. The summed E-state index contributed by atoms with van der Waals surface area (Å²) in [7, 11) is 1.40. The first kappa shape index (κ1) is 16.2. The predicted molar refractivity (Wildman–Crippen MR) is 75.5 cm³/mol. The van der Waals surface area contributed by atoms with E-state index in [9.17, 15) is 9.59 Å². The molecule has 2 N–H and O–H groups in total. The summed E-state index contributed by atoms with van der Waals surface area (Å²) >= 11 is 0. The minimum absolute atomic E-state index is 0.0385. The highest BCUT2D eigenvalue weighted by atomic mass is 16.5. The quantitative estimate of drug-likeness (QED) is 0.760. The number of amides is 1. The molecule has 2 atom stereocenters. The first-order chi connectivity index (χ1) is 9.58. The summed E-state index contributed by atoms with van der Waals surface area (Å²) in [4.78, 5) is 22.9. The van der Waals surface area contributed by atoms with Crippen LogP contribution in [-0.2, 0) is 14.3 Å². The maximum Gasteiger partial charge on any atom is 0.328 e. The smallest absolute Gasteiger partial charge is 0.328 e. The standard InChI is InChI=1S/C15H21NO4/c1-3-11(12-7-5-4-6-8-12)9-14(17)16-13(10-20-2)15(18)19/h4-8,11,13H,3,9-10H2,1-2H3,(H,16,17)(H,18,19). The molecule has 5 nitrogen and oxygen atoms in total. The highest BCUT2D eigenvalue weighted by molar-refractivity contribution is 5.84. The zero-order valence-corrected chi connectivity index (χ0v) is 11.8. The van der Waals surface area contributed by atoms with E-state index in [0.29, 0.717) is 0 Å². The topological polar surface area (TPSA) is 75.6 Å². The SMILES string of the molecule is CCC(CC(=O)NC(COC)C(=O)O)c1ccccc1. The summed E-state index contributed by atoms with van der Waals surface area (Å²) < 4.78 is 4.79. The Morgan fingerprint density at radius 3 is 2.45 bits per heavy atom. The van der Waals surface area contributed by atoms with E-state index in [0.717, 1.165) is 12.0 Å². The molecular formula is C15H21NO4. The molecule has 0 fully saturated rings. The maximum atomic E-state index is 11.9. The molecule has 0 aliphatic carbocycles. The molecule has 2 unspecified atom stereocenters. The Labute approximate surface area is 118 Å². The summed E-state index contributed by atoms with van der Waals surface area (Å²) in [5.41, 5.74) is 1.09. The summed E-state index contributed by atoms with van der Waals surface area (Å²) in [6, 6.07) is 8.74. The van der Waals surface area contributed by atoms with E-state index < -0.39 is 12.0 Å². The van der Waals surface area contributed by atoms with E-state index in [1.54, 1.807) is 0 Å². The van der Waals surface area contributed by atoms with Crippen molar-refractivity contribution in [1.82, 2.24) is 5.32 Å². The zero-order chi connectivity index (χ0) is 15.0. The molecule has 0 aromatic heterocycles. The number of nitrogens with one attached hydrogen (secondary N) is 1. The van der Waals surface area contributed by atoms with Crippen molar-refractivity contribution in [3.63, 3.8) is 0 Å². The van der Waals surface area contributed by atoms with E-state index >= 15 is 0 Å². The van der Waals surface area contributed by atoms with Crippen molar-refractivity contribution in [1.29, 1.82) is 0 Å². The van der Waals surface area contributed by atoms with Gasteiger partial charge in [0.05, 0.1) is 6.61 Å². The Bertz CT molecular complexity index is 433. The van der Waals surface area contributed by atoms with Crippen molar-refractivity contribution in [2.75, 3.05) is 13.7 Å². The van der Waals surface area contributed by atoms with Gasteiger partial charge in [0.2, 0.25) is 5.91 Å². The second-order valence-corrected chi connectivity index (χ2v) is 4.63. The first-order valence-corrected chi connectivity index (χ1v) is 6.64. The Kier molecular flexibility index (Phi) is 6.73. The van der Waals surface area contributed by atoms with Crippen LogP contribution in [0.25, 0.3) is 0 Å². The van der Waals surface area contributed by atoms with Crippen molar-refractivity contribution in [3.05, 3.63) is 35.9 Å². The number of hydrogen-bond acceptors (Lipinski definition) is 3. The second kappa shape index (κ2) is 8.32. The molecule has 0 aliphatic rings. The van der Waals surface area contributed by atoms with Gasteiger partial charge in [0.15, 0.2) is 6.04 Å². The van der Waals surface area contributed by atoms with Crippen molar-refractivity contribution in [2.24, 2.45) is 0 Å². The molecule has 0 saturated heterocycles. The molecule has 20 heavy (non-hydrogen) atoms. The number of aliphatic carboxylic acids is 1. The summed E-state index contributed by atoms with van der Waals surface area (Å²) in [6.07, 6.45) is 1.09. The van der Waals surface area contributed by atoms with Crippen LogP contribution in [0.3, 0.4) is 0 Å². The molecule has 110 valence electrons. The van der Waals surface area contributed by atoms with Gasteiger partial charge in [0.1, 0.15) is 0 Å². The van der Waals surface area contributed by atoms with Gasteiger partial charge in [-0.3, -0.25) is 4.79 Å². The zero-order valence-electron chi connectivity index (χ0n) is 11.8. The summed E-state index contributed by atoms with van der Waals surface area (Å²) in [5, 5.41) is 11.5. The van der Waals surface area contributed by atoms with E-state index in [-0.39, 0.29) is 24.9 Å². The Hall–Kier alpha value is -1.88. The lowest BCUT2D eigenvalue weighted by Crippen LogP contribution is -2.44. The van der Waals surface area contributed by atoms with Crippen molar-refractivity contribution in [2.45, 2.75) is 31.7 Å². The normalized spacial score (nSPS) is 13.5. The van der Waals surface area contributed by atoms with E-state index in [1.807, 2.05) is 37.3 Å². The number of hydrogen-bond donors (Lipinski definition) is 2. The molecule has 0 heterocycles. The Balaban J connectivity index is 2.61. The van der Waals surface area contributed by atoms with Crippen LogP contribution in [-0.4, -0.2) is 36.7 Å². The highest BCUT2D eigenvalue weighted by Gasteiger charge is 2.21. The van der Waals surface area contributed by atoms with E-state index in [2.05, 4.69) is 5.32 Å². The van der Waals surface area contributed by atoms with Crippen LogP contribution in [0.15, 0.2) is 30.3 Å². The number of carboxylic acid groups (broad SMARTS) is 1. The van der Waals surface area contributed by atoms with Crippen LogP contribution in [0.4, 0.5) is 0 Å². The van der Waals surface area contributed by atoms with Crippen LogP contribution >= 0.6 is 0 Å². The van der Waals surface area contributed by atoms with Gasteiger partial charge < -0.3 is 15.2 Å². The van der Waals surface area contributed by atoms with E-state index in [4.69, 9.17) is 9.84 Å². The molecule has 1 aromatic carbocycles. The lowest BCUT2D eigenvalue weighted by atomic mass is 9.93. The van der Waals surface area contributed by atoms with Gasteiger partial charge in [-0.1, -0.05) is 37.3 Å². The van der Waals surface area contributed by atoms with Gasteiger partial charge in [-0.05, 0) is 17.9 Å². The van der Waals surface area contributed by atoms with Gasteiger partial charge in [0.25, 0.3) is 0 Å². The predicted octanol–water partition coefficient (Wildman–Crippen LogP) is 1.79. The average Bonchev–Trinajstić information content (AvgIpc) is 2.45. The maximum absolute atomic E-state index is 11.9. The third-order valence-electron chi connectivity index (χ3n) is 3.16. The lowest BCUT2D eigenvalue weighted by molar-refractivity contribution is -0.143. The fourth-order valence-electron chi connectivity index (χ4n) is 2.04. The summed E-state index contributed by atoms with van der Waals surface area (Å²) in [6.45, 7) is 1.97. The molecular weight excluding hydrogens is 258 g/mol. The second-order valence-electron chi connectivity index (χ2n) is 4.63. The van der Waals surface area contributed by atoms with Crippen molar-refractivity contribution >= 4 is 11.9 Å². The van der Waals surface area contributed by atoms with Crippen LogP contribution in [0.1, 0.15) is 31.2 Å². The van der Waals surface area contributed by atoms with Gasteiger partial charge in [-0.2, -0.15) is 0 Å². The number of carbonyl (C=O) groups is 2. The van der Waals surface area contributed by atoms with Gasteiger partial charge >= 0.3 is 5.97 Å². The number of carboxylic acids is 1. The van der Waals surface area contributed by atoms with E-state index in [1.165, 1.54) is 7.11 Å². The fraction of sp³-hybridized carbons (Fsp3) is 0.467. The van der Waals surface area contributed by atoms with Crippen molar-refractivity contribution in [3.8, 4) is 0 Å². The molecule has 1 amide bonds. The molecule has 1 aromatic rings. The minimum atomic E-state index is -1.09. The third kappa shape index (κ3) is 5.01. The number of ether oxygens (including phenoxy) is 1. The van der Waals surface area contributed by atoms with Gasteiger partial charge in [-0.15, -0.1) is 0 Å². The third-order valence-corrected chi connectivity index (χ3v) is 3.16. The van der Waals surface area contributed by atoms with Crippen LogP contribution in [0, 0.1) is 0 Å². The van der Waals surface area contributed by atoms with Crippen molar-refractivity contribution < 1.29 is 19.4 Å². The number of rotatable bonds is 8. The van der Waals surface area contributed by atoms with Crippen LogP contribution in [0.2, 0.25) is 0 Å². The number of carbonyl (C=O) groups excluding carboxylic acids is 1. The molecule has 1 rings (SSSR count). The number of benzene rings is 1. The molecule has 0 bridgehead atoms. The largest absolute Gasteiger partial charge is 0.480 e. The van der Waals surface area contributed by atoms with Gasteiger partial charge in [0, 0.05) is 13.5 Å².